The zero-order valence-electron chi connectivity index (χ0n) is 11.5. The van der Waals surface area contributed by atoms with Crippen LogP contribution in [0.15, 0.2) is 16.6 Å². The van der Waals surface area contributed by atoms with Gasteiger partial charge in [0.25, 0.3) is 5.69 Å². The molecule has 2 N–H and O–H groups in total. The molecule has 1 aliphatic carbocycles. The second-order valence-electron chi connectivity index (χ2n) is 5.32. The van der Waals surface area contributed by atoms with E-state index < -0.39 is 0 Å². The van der Waals surface area contributed by atoms with E-state index in [1.165, 1.54) is 18.9 Å². The van der Waals surface area contributed by atoms with Crippen LogP contribution in [0.4, 0.5) is 5.69 Å². The minimum absolute atomic E-state index is 0.102. The summed E-state index contributed by atoms with van der Waals surface area (Å²) in [5.41, 5.74) is 6.47. The van der Waals surface area contributed by atoms with Crippen molar-refractivity contribution in [2.24, 2.45) is 17.6 Å². The Balaban J connectivity index is 2.06. The fourth-order valence-electron chi connectivity index (χ4n) is 2.79. The summed E-state index contributed by atoms with van der Waals surface area (Å²) >= 11 is 3.34. The van der Waals surface area contributed by atoms with Gasteiger partial charge in [-0.2, -0.15) is 0 Å². The Morgan fingerprint density at radius 3 is 2.80 bits per heavy atom. The highest BCUT2D eigenvalue weighted by Crippen LogP contribution is 2.35. The summed E-state index contributed by atoms with van der Waals surface area (Å²) in [7, 11) is 0. The van der Waals surface area contributed by atoms with Crippen LogP contribution in [0.3, 0.4) is 0 Å². The van der Waals surface area contributed by atoms with Crippen molar-refractivity contribution in [3.63, 3.8) is 0 Å². The molecule has 1 aliphatic rings. The fourth-order valence-corrected chi connectivity index (χ4v) is 3.24. The van der Waals surface area contributed by atoms with Crippen molar-refractivity contribution < 1.29 is 9.66 Å². The zero-order valence-corrected chi connectivity index (χ0v) is 13.1. The first kappa shape index (κ1) is 15.3. The second kappa shape index (κ2) is 6.54. The molecule has 1 saturated carbocycles. The summed E-state index contributed by atoms with van der Waals surface area (Å²) in [4.78, 5) is 10.5. The minimum atomic E-state index is -0.384. The van der Waals surface area contributed by atoms with Crippen molar-refractivity contribution in [3.8, 4) is 5.75 Å². The molecular weight excluding hydrogens is 324 g/mol. The van der Waals surface area contributed by atoms with Gasteiger partial charge in [0.1, 0.15) is 5.75 Å². The van der Waals surface area contributed by atoms with Crippen LogP contribution in [0.25, 0.3) is 0 Å². The van der Waals surface area contributed by atoms with Gasteiger partial charge in [-0.1, -0.05) is 6.42 Å². The molecule has 2 rings (SSSR count). The van der Waals surface area contributed by atoms with Crippen LogP contribution in [-0.2, 0) is 0 Å². The highest BCUT2D eigenvalue weighted by atomic mass is 79.9. The summed E-state index contributed by atoms with van der Waals surface area (Å²) in [6.07, 6.45) is 3.52. The third-order valence-corrected chi connectivity index (χ3v) is 4.64. The van der Waals surface area contributed by atoms with Crippen LogP contribution >= 0.6 is 15.9 Å². The average molecular weight is 343 g/mol. The molecule has 2 unspecified atom stereocenters. The highest BCUT2D eigenvalue weighted by molar-refractivity contribution is 9.10. The number of nitrogens with zero attached hydrogens (tertiary/aromatic N) is 1. The highest BCUT2D eigenvalue weighted by Gasteiger charge is 2.27. The number of hydrogen-bond donors (Lipinski definition) is 1. The van der Waals surface area contributed by atoms with Crippen molar-refractivity contribution in [2.45, 2.75) is 26.2 Å². The van der Waals surface area contributed by atoms with E-state index in [0.717, 1.165) is 6.42 Å². The number of ether oxygens (including phenoxy) is 1. The third-order valence-electron chi connectivity index (χ3n) is 4.02. The lowest BCUT2D eigenvalue weighted by atomic mass is 9.97. The van der Waals surface area contributed by atoms with E-state index >= 15 is 0 Å². The molecule has 0 bridgehead atoms. The SMILES string of the molecule is Cc1cc(OCC2CCCC2CN)c(Br)cc1[N+](=O)[O-]. The quantitative estimate of drug-likeness (QED) is 0.656. The van der Waals surface area contributed by atoms with E-state index in [4.69, 9.17) is 10.5 Å². The number of nitrogens with two attached hydrogens (primary N) is 1. The summed E-state index contributed by atoms with van der Waals surface area (Å²) in [6, 6.07) is 3.22. The Bertz CT molecular complexity index is 507. The van der Waals surface area contributed by atoms with Gasteiger partial charge in [0, 0.05) is 11.6 Å². The smallest absolute Gasteiger partial charge is 0.273 e. The van der Waals surface area contributed by atoms with Gasteiger partial charge in [0.2, 0.25) is 0 Å². The predicted octanol–water partition coefficient (Wildman–Crippen LogP) is 3.42. The van der Waals surface area contributed by atoms with Gasteiger partial charge in [0.15, 0.2) is 0 Å². The van der Waals surface area contributed by atoms with Crippen LogP contribution in [0.1, 0.15) is 24.8 Å². The normalized spacial score (nSPS) is 21.9. The number of hydrogen-bond acceptors (Lipinski definition) is 4. The van der Waals surface area contributed by atoms with Crippen molar-refractivity contribution in [3.05, 3.63) is 32.3 Å². The Hall–Kier alpha value is -1.14. The molecule has 1 fully saturated rings. The van der Waals surface area contributed by atoms with Crippen LogP contribution in [0, 0.1) is 28.9 Å². The second-order valence-corrected chi connectivity index (χ2v) is 6.18. The lowest BCUT2D eigenvalue weighted by molar-refractivity contribution is -0.385. The van der Waals surface area contributed by atoms with Gasteiger partial charge >= 0.3 is 0 Å². The van der Waals surface area contributed by atoms with Crippen molar-refractivity contribution in [1.82, 2.24) is 0 Å². The Kier molecular flexibility index (Phi) is 4.99. The molecule has 20 heavy (non-hydrogen) atoms. The van der Waals surface area contributed by atoms with Crippen molar-refractivity contribution >= 4 is 21.6 Å². The molecule has 0 aliphatic heterocycles. The van der Waals surface area contributed by atoms with Gasteiger partial charge < -0.3 is 10.5 Å². The monoisotopic (exact) mass is 342 g/mol. The van der Waals surface area contributed by atoms with Gasteiger partial charge in [0.05, 0.1) is 16.0 Å². The number of nitro groups is 1. The molecule has 1 aromatic rings. The van der Waals surface area contributed by atoms with Gasteiger partial charge in [-0.15, -0.1) is 0 Å². The zero-order chi connectivity index (χ0) is 14.7. The molecule has 0 saturated heterocycles. The first-order valence-electron chi connectivity index (χ1n) is 6.80. The van der Waals surface area contributed by atoms with Crippen LogP contribution in [0.2, 0.25) is 0 Å². The summed E-state index contributed by atoms with van der Waals surface area (Å²) in [5, 5.41) is 10.9. The molecule has 110 valence electrons. The van der Waals surface area contributed by atoms with Crippen LogP contribution in [-0.4, -0.2) is 18.1 Å². The van der Waals surface area contributed by atoms with Gasteiger partial charge in [-0.3, -0.25) is 10.1 Å². The predicted molar refractivity (Wildman–Crippen MR) is 80.9 cm³/mol. The number of aryl methyl sites for hydroxylation is 1. The molecule has 1 aromatic carbocycles. The van der Waals surface area contributed by atoms with Crippen molar-refractivity contribution in [1.29, 1.82) is 0 Å². The first-order chi connectivity index (χ1) is 9.52. The molecule has 0 amide bonds. The maximum atomic E-state index is 10.9. The lowest BCUT2D eigenvalue weighted by Gasteiger charge is -2.19. The third kappa shape index (κ3) is 3.30. The molecule has 2 atom stereocenters. The molecule has 0 aromatic heterocycles. The number of halogens is 1. The number of benzene rings is 1. The number of nitro benzene ring substituents is 1. The van der Waals surface area contributed by atoms with E-state index in [-0.39, 0.29) is 10.6 Å². The Labute approximate surface area is 126 Å². The van der Waals surface area contributed by atoms with Crippen LogP contribution < -0.4 is 10.5 Å². The van der Waals surface area contributed by atoms with E-state index in [9.17, 15) is 10.1 Å². The van der Waals surface area contributed by atoms with E-state index in [1.807, 2.05) is 0 Å². The van der Waals surface area contributed by atoms with E-state index in [1.54, 1.807) is 13.0 Å². The van der Waals surface area contributed by atoms with E-state index in [2.05, 4.69) is 15.9 Å². The minimum Gasteiger partial charge on any atom is -0.492 e. The maximum absolute atomic E-state index is 10.9. The lowest BCUT2D eigenvalue weighted by Crippen LogP contribution is -2.23. The standard InChI is InChI=1S/C14H19BrN2O3/c1-9-5-14(12(15)6-13(9)17(18)19)20-8-11-4-2-3-10(11)7-16/h5-6,10-11H,2-4,7-8,16H2,1H3. The Morgan fingerprint density at radius 2 is 2.15 bits per heavy atom. The molecule has 0 heterocycles. The van der Waals surface area contributed by atoms with Gasteiger partial charge in [-0.25, -0.2) is 0 Å². The van der Waals surface area contributed by atoms with Crippen LogP contribution in [0.5, 0.6) is 5.75 Å². The first-order valence-corrected chi connectivity index (χ1v) is 7.59. The largest absolute Gasteiger partial charge is 0.492 e. The summed E-state index contributed by atoms with van der Waals surface area (Å²) in [5.74, 6) is 1.69. The molecule has 0 spiro atoms. The summed E-state index contributed by atoms with van der Waals surface area (Å²) < 4.78 is 6.47. The Morgan fingerprint density at radius 1 is 1.45 bits per heavy atom. The molecule has 6 heteroatoms. The molecule has 5 nitrogen and oxygen atoms in total. The average Bonchev–Trinajstić information content (AvgIpc) is 2.86. The van der Waals surface area contributed by atoms with E-state index in [0.29, 0.717) is 40.8 Å². The van der Waals surface area contributed by atoms with Crippen molar-refractivity contribution in [2.75, 3.05) is 13.2 Å². The molecule has 0 radical (unpaired) electrons. The number of rotatable bonds is 5. The fraction of sp³-hybridized carbons (Fsp3) is 0.571. The maximum Gasteiger partial charge on any atom is 0.273 e. The van der Waals surface area contributed by atoms with Gasteiger partial charge in [-0.05, 0) is 60.1 Å². The topological polar surface area (TPSA) is 78.4 Å². The summed E-state index contributed by atoms with van der Waals surface area (Å²) in [6.45, 7) is 3.04. The molecular formula is C14H19BrN2O3.